The number of amides is 1. The third-order valence-corrected chi connectivity index (χ3v) is 6.15. The molecule has 8 heteroatoms. The lowest BCUT2D eigenvalue weighted by molar-refractivity contribution is -0.116. The van der Waals surface area contributed by atoms with E-state index < -0.39 is 0 Å². The highest BCUT2D eigenvalue weighted by Gasteiger charge is 2.17. The average molecular weight is 381 g/mol. The van der Waals surface area contributed by atoms with E-state index in [1.165, 1.54) is 35.5 Å². The van der Waals surface area contributed by atoms with Crippen LogP contribution in [0.1, 0.15) is 37.6 Å². The molecule has 1 aliphatic heterocycles. The zero-order valence-corrected chi connectivity index (χ0v) is 16.3. The molecule has 0 bridgehead atoms. The Morgan fingerprint density at radius 1 is 1.40 bits per heavy atom. The molecule has 0 spiro atoms. The fourth-order valence-electron chi connectivity index (χ4n) is 3.17. The molecule has 0 radical (unpaired) electrons. The molecule has 2 aromatic heterocycles. The number of thiazole rings is 2. The number of likely N-dealkylation sites (tertiary alicyclic amines) is 1. The van der Waals surface area contributed by atoms with Gasteiger partial charge in [0.1, 0.15) is 0 Å². The van der Waals surface area contributed by atoms with Crippen molar-refractivity contribution in [1.82, 2.24) is 14.5 Å². The second-order valence-electron chi connectivity index (χ2n) is 6.72. The van der Waals surface area contributed by atoms with Gasteiger partial charge in [0.2, 0.25) is 5.91 Å². The van der Waals surface area contributed by atoms with Gasteiger partial charge in [0.25, 0.3) is 0 Å². The third-order valence-electron chi connectivity index (χ3n) is 4.46. The van der Waals surface area contributed by atoms with Gasteiger partial charge in [-0.2, -0.15) is 0 Å². The SMILES string of the molecule is Cc1csc(=O)n1CCC(=O)Nc1nc(CN2CCCC(C)C2)cs1. The van der Waals surface area contributed by atoms with E-state index in [1.807, 2.05) is 17.7 Å². The average Bonchev–Trinajstić information content (AvgIpc) is 3.12. The van der Waals surface area contributed by atoms with Gasteiger partial charge in [-0.25, -0.2) is 4.98 Å². The molecule has 1 fully saturated rings. The maximum absolute atomic E-state index is 12.1. The molecule has 1 saturated heterocycles. The van der Waals surface area contributed by atoms with Crippen molar-refractivity contribution < 1.29 is 4.79 Å². The lowest BCUT2D eigenvalue weighted by Crippen LogP contribution is -2.33. The largest absolute Gasteiger partial charge is 0.307 e. The van der Waals surface area contributed by atoms with Crippen molar-refractivity contribution in [2.45, 2.75) is 46.2 Å². The van der Waals surface area contributed by atoms with Crippen LogP contribution in [0.4, 0.5) is 5.13 Å². The second kappa shape index (κ2) is 8.25. The van der Waals surface area contributed by atoms with Crippen LogP contribution in [0.5, 0.6) is 0 Å². The molecule has 1 N–H and O–H groups in total. The summed E-state index contributed by atoms with van der Waals surface area (Å²) in [4.78, 5) is 30.7. The molecule has 1 atom stereocenters. The number of piperidine rings is 1. The topological polar surface area (TPSA) is 67.2 Å². The van der Waals surface area contributed by atoms with Crippen LogP contribution >= 0.6 is 22.7 Å². The lowest BCUT2D eigenvalue weighted by atomic mass is 10.0. The fourth-order valence-corrected chi connectivity index (χ4v) is 4.64. The molecule has 0 aromatic carbocycles. The standard InChI is InChI=1S/C17H24N4O2S2/c1-12-4-3-6-20(8-12)9-14-11-24-16(18-14)19-15(22)5-7-21-13(2)10-25-17(21)23/h10-12H,3-9H2,1-2H3,(H,18,19,22). The first kappa shape index (κ1) is 18.3. The number of carbonyl (C=O) groups is 1. The van der Waals surface area contributed by atoms with Gasteiger partial charge in [-0.05, 0) is 32.2 Å². The normalized spacial score (nSPS) is 18.4. The minimum absolute atomic E-state index is 0.0161. The van der Waals surface area contributed by atoms with Crippen LogP contribution in [0.3, 0.4) is 0 Å². The lowest BCUT2D eigenvalue weighted by Gasteiger charge is -2.30. The summed E-state index contributed by atoms with van der Waals surface area (Å²) in [5, 5.41) is 7.32. The monoisotopic (exact) mass is 380 g/mol. The summed E-state index contributed by atoms with van der Waals surface area (Å²) in [5.41, 5.74) is 1.91. The molecule has 2 aromatic rings. The summed E-state index contributed by atoms with van der Waals surface area (Å²) in [6.45, 7) is 7.67. The molecule has 0 saturated carbocycles. The summed E-state index contributed by atoms with van der Waals surface area (Å²) in [6, 6.07) is 0. The first-order valence-electron chi connectivity index (χ1n) is 8.63. The Balaban J connectivity index is 1.49. The highest BCUT2D eigenvalue weighted by atomic mass is 32.1. The van der Waals surface area contributed by atoms with Crippen molar-refractivity contribution in [2.75, 3.05) is 18.4 Å². The summed E-state index contributed by atoms with van der Waals surface area (Å²) >= 11 is 2.63. The van der Waals surface area contributed by atoms with E-state index in [0.717, 1.165) is 36.9 Å². The van der Waals surface area contributed by atoms with Crippen molar-refractivity contribution in [3.8, 4) is 0 Å². The number of hydrogen-bond donors (Lipinski definition) is 1. The first-order valence-corrected chi connectivity index (χ1v) is 10.4. The quantitative estimate of drug-likeness (QED) is 0.837. The molecule has 25 heavy (non-hydrogen) atoms. The molecule has 6 nitrogen and oxygen atoms in total. The number of nitrogens with zero attached hydrogens (tertiary/aromatic N) is 3. The van der Waals surface area contributed by atoms with E-state index in [4.69, 9.17) is 0 Å². The smallest absolute Gasteiger partial charge is 0.303 e. The van der Waals surface area contributed by atoms with Crippen LogP contribution in [-0.2, 0) is 17.9 Å². The maximum atomic E-state index is 12.1. The Morgan fingerprint density at radius 3 is 2.96 bits per heavy atom. The zero-order chi connectivity index (χ0) is 17.8. The number of nitrogens with one attached hydrogen (secondary N) is 1. The van der Waals surface area contributed by atoms with E-state index in [-0.39, 0.29) is 17.2 Å². The van der Waals surface area contributed by atoms with Gasteiger partial charge in [0.05, 0.1) is 5.69 Å². The van der Waals surface area contributed by atoms with Crippen molar-refractivity contribution in [3.63, 3.8) is 0 Å². The van der Waals surface area contributed by atoms with Crippen LogP contribution in [-0.4, -0.2) is 33.4 Å². The molecular formula is C17H24N4O2S2. The Kier molecular flexibility index (Phi) is 6.03. The van der Waals surface area contributed by atoms with Gasteiger partial charge in [-0.3, -0.25) is 14.5 Å². The van der Waals surface area contributed by atoms with Crippen LogP contribution in [0.25, 0.3) is 0 Å². The zero-order valence-electron chi connectivity index (χ0n) is 14.7. The van der Waals surface area contributed by atoms with Crippen molar-refractivity contribution >= 4 is 33.7 Å². The summed E-state index contributed by atoms with van der Waals surface area (Å²) in [5.74, 6) is 0.639. The molecular weight excluding hydrogens is 356 g/mol. The number of aromatic nitrogens is 2. The number of hydrogen-bond acceptors (Lipinski definition) is 6. The molecule has 0 aliphatic carbocycles. The summed E-state index contributed by atoms with van der Waals surface area (Å²) in [6.07, 6.45) is 2.83. The van der Waals surface area contributed by atoms with Gasteiger partial charge < -0.3 is 9.88 Å². The Morgan fingerprint density at radius 2 is 2.24 bits per heavy atom. The maximum Gasteiger partial charge on any atom is 0.307 e. The highest BCUT2D eigenvalue weighted by molar-refractivity contribution is 7.13. The fraction of sp³-hybridized carbons (Fsp3) is 0.588. The molecule has 136 valence electrons. The van der Waals surface area contributed by atoms with Gasteiger partial charge in [0.15, 0.2) is 5.13 Å². The highest BCUT2D eigenvalue weighted by Crippen LogP contribution is 2.21. The number of rotatable bonds is 6. The summed E-state index contributed by atoms with van der Waals surface area (Å²) in [7, 11) is 0. The predicted octanol–water partition coefficient (Wildman–Crippen LogP) is 2.94. The minimum atomic E-state index is -0.106. The van der Waals surface area contributed by atoms with Crippen molar-refractivity contribution in [2.24, 2.45) is 5.92 Å². The van der Waals surface area contributed by atoms with E-state index in [1.54, 1.807) is 4.57 Å². The van der Waals surface area contributed by atoms with Gasteiger partial charge in [-0.15, -0.1) is 11.3 Å². The number of aryl methyl sites for hydroxylation is 1. The van der Waals surface area contributed by atoms with Crippen molar-refractivity contribution in [3.05, 3.63) is 31.8 Å². The first-order chi connectivity index (χ1) is 12.0. The van der Waals surface area contributed by atoms with Crippen molar-refractivity contribution in [1.29, 1.82) is 0 Å². The van der Waals surface area contributed by atoms with E-state index in [9.17, 15) is 9.59 Å². The molecule has 1 unspecified atom stereocenters. The van der Waals surface area contributed by atoms with Gasteiger partial charge in [0, 0.05) is 42.5 Å². The van der Waals surface area contributed by atoms with Crippen LogP contribution in [0.2, 0.25) is 0 Å². The van der Waals surface area contributed by atoms with E-state index in [2.05, 4.69) is 22.1 Å². The second-order valence-corrected chi connectivity index (χ2v) is 8.40. The number of carbonyl (C=O) groups excluding carboxylic acids is 1. The van der Waals surface area contributed by atoms with E-state index >= 15 is 0 Å². The third kappa shape index (κ3) is 4.99. The predicted molar refractivity (Wildman–Crippen MR) is 102 cm³/mol. The number of anilines is 1. The molecule has 1 amide bonds. The minimum Gasteiger partial charge on any atom is -0.303 e. The molecule has 3 rings (SSSR count). The van der Waals surface area contributed by atoms with Crippen LogP contribution < -0.4 is 10.2 Å². The van der Waals surface area contributed by atoms with Gasteiger partial charge >= 0.3 is 4.87 Å². The van der Waals surface area contributed by atoms with Gasteiger partial charge in [-0.1, -0.05) is 18.3 Å². The molecule has 1 aliphatic rings. The Bertz CT molecular complexity index is 780. The Hall–Kier alpha value is -1.51. The summed E-state index contributed by atoms with van der Waals surface area (Å²) < 4.78 is 1.63. The van der Waals surface area contributed by atoms with Crippen LogP contribution in [0.15, 0.2) is 15.6 Å². The van der Waals surface area contributed by atoms with Crippen LogP contribution in [0, 0.1) is 12.8 Å². The van der Waals surface area contributed by atoms with E-state index in [0.29, 0.717) is 11.7 Å². The Labute approximate surface area is 155 Å². The molecule has 3 heterocycles.